The molecule has 1 aromatic heterocycles. The highest BCUT2D eigenvalue weighted by molar-refractivity contribution is 8.76. The molecule has 1 heterocycles. The fraction of sp³-hybridized carbons (Fsp3) is 0.263. The number of allylic oxidation sites excluding steroid dienone is 4. The monoisotopic (exact) mass is 683 g/mol. The van der Waals surface area contributed by atoms with Crippen molar-refractivity contribution in [2.75, 3.05) is 69.1 Å². The second-order valence-electron chi connectivity index (χ2n) is 11.1. The van der Waals surface area contributed by atoms with E-state index in [1.165, 1.54) is 5.69 Å². The summed E-state index contributed by atoms with van der Waals surface area (Å²) in [5.41, 5.74) is 6.52. The van der Waals surface area contributed by atoms with E-state index in [0.717, 1.165) is 39.5 Å². The van der Waals surface area contributed by atoms with Crippen LogP contribution in [-0.2, 0) is 16.1 Å². The number of nitrogens with one attached hydrogen (secondary N) is 2. The summed E-state index contributed by atoms with van der Waals surface area (Å²) in [5.74, 6) is 1.41. The molecule has 2 aromatic carbocycles. The summed E-state index contributed by atoms with van der Waals surface area (Å²) < 4.78 is 1.87. The summed E-state index contributed by atoms with van der Waals surface area (Å²) in [6.07, 6.45) is 17.2. The van der Waals surface area contributed by atoms with Gasteiger partial charge in [0.05, 0.1) is 0 Å². The molecule has 3 rings (SSSR count). The number of nitrogens with zero attached hydrogens (tertiary/aromatic N) is 4. The Morgan fingerprint density at radius 2 is 1.25 bits per heavy atom. The minimum Gasteiger partial charge on any atom is -0.378 e. The van der Waals surface area contributed by atoms with Crippen LogP contribution in [0.4, 0.5) is 11.4 Å². The highest BCUT2D eigenvalue weighted by atomic mass is 33.1. The van der Waals surface area contributed by atoms with Gasteiger partial charge in [0.1, 0.15) is 6.54 Å². The number of benzene rings is 2. The third kappa shape index (κ3) is 14.9. The lowest BCUT2D eigenvalue weighted by Crippen LogP contribution is -2.42. The Bertz CT molecular complexity index is 1560. The van der Waals surface area contributed by atoms with Crippen LogP contribution in [0.25, 0.3) is 18.2 Å². The van der Waals surface area contributed by atoms with Crippen LogP contribution in [0.5, 0.6) is 0 Å². The van der Waals surface area contributed by atoms with Crippen molar-refractivity contribution in [3.05, 3.63) is 120 Å². The molecule has 2 amide bonds. The van der Waals surface area contributed by atoms with E-state index in [2.05, 4.69) is 92.7 Å². The molecular formula is C38H47N6O2S2+. The van der Waals surface area contributed by atoms with Gasteiger partial charge in [-0.25, -0.2) is 0 Å². The third-order valence-corrected chi connectivity index (χ3v) is 9.35. The van der Waals surface area contributed by atoms with Gasteiger partial charge in [-0.2, -0.15) is 4.57 Å². The van der Waals surface area contributed by atoms with Crippen molar-refractivity contribution in [1.29, 1.82) is 0 Å². The molecule has 8 nitrogen and oxygen atoms in total. The van der Waals surface area contributed by atoms with Crippen molar-refractivity contribution in [3.8, 4) is 0 Å². The van der Waals surface area contributed by atoms with E-state index in [4.69, 9.17) is 0 Å². The number of anilines is 2. The highest BCUT2D eigenvalue weighted by Crippen LogP contribution is 2.19. The summed E-state index contributed by atoms with van der Waals surface area (Å²) in [7, 11) is 11.4. The number of amides is 2. The molecule has 2 N–H and O–H groups in total. The Labute approximate surface area is 293 Å². The Morgan fingerprint density at radius 1 is 0.750 bits per heavy atom. The predicted molar refractivity (Wildman–Crippen MR) is 209 cm³/mol. The van der Waals surface area contributed by atoms with Crippen LogP contribution in [0.15, 0.2) is 108 Å². The molecule has 0 aliphatic rings. The summed E-state index contributed by atoms with van der Waals surface area (Å²) in [4.78, 5) is 32.8. The van der Waals surface area contributed by atoms with E-state index in [1.54, 1.807) is 33.9 Å². The predicted octanol–water partition coefficient (Wildman–Crippen LogP) is 5.79. The standard InChI is InChI=1S/C38H46N6O2S2/c1-6-31(7-8-32-11-15-35(16-12-32)42(2)3)19-22-39-29-37(45)40-23-27-47-48-28-24-41-38(46)30-44-25-20-34(21-26-44)10-9-33-13-17-36(18-14-33)43(4)5/h6-22,25-26H,1,23-24,27-30H2,2-5H3,(H-,40,41,45,46)/p+1/b8-7+,31-19+,39-22+. The van der Waals surface area contributed by atoms with Gasteiger partial charge in [-0.3, -0.25) is 14.6 Å². The second-order valence-corrected chi connectivity index (χ2v) is 13.8. The quantitative estimate of drug-likeness (QED) is 0.0548. The Balaban J connectivity index is 1.22. The molecule has 0 unspecified atom stereocenters. The topological polar surface area (TPSA) is 80.9 Å². The molecule has 0 aliphatic heterocycles. The van der Waals surface area contributed by atoms with Crippen molar-refractivity contribution >= 4 is 69.2 Å². The number of aliphatic imine (C=N–C) groups is 1. The van der Waals surface area contributed by atoms with Gasteiger partial charge in [-0.15, -0.1) is 0 Å². The van der Waals surface area contributed by atoms with Gasteiger partial charge in [0, 0.05) is 82.5 Å². The van der Waals surface area contributed by atoms with Crippen LogP contribution >= 0.6 is 21.6 Å². The third-order valence-electron chi connectivity index (χ3n) is 6.94. The minimum absolute atomic E-state index is 0.0244. The molecule has 0 spiro atoms. The number of hydrogen-bond donors (Lipinski definition) is 2. The average Bonchev–Trinajstić information content (AvgIpc) is 3.09. The van der Waals surface area contributed by atoms with Crippen LogP contribution in [0, 0.1) is 0 Å². The molecule has 0 bridgehead atoms. The van der Waals surface area contributed by atoms with Gasteiger partial charge in [0.2, 0.25) is 12.5 Å². The van der Waals surface area contributed by atoms with Gasteiger partial charge in [0.25, 0.3) is 5.91 Å². The average molecular weight is 684 g/mol. The van der Waals surface area contributed by atoms with Crippen molar-refractivity contribution in [3.63, 3.8) is 0 Å². The molecule has 0 radical (unpaired) electrons. The SMILES string of the molecule is C=CC(/C=C/c1ccc(N(C)C)cc1)=C\C=N\CC(=O)NCCSSCCNC(=O)C[n+]1ccc(/C=C/c2ccc(N(C)C)cc2)cc1. The molecule has 0 saturated heterocycles. The molecule has 48 heavy (non-hydrogen) atoms. The highest BCUT2D eigenvalue weighted by Gasteiger charge is 2.08. The van der Waals surface area contributed by atoms with E-state index in [1.807, 2.05) is 75.5 Å². The summed E-state index contributed by atoms with van der Waals surface area (Å²) >= 11 is 0. The number of pyridine rings is 1. The molecular weight excluding hydrogens is 637 g/mol. The number of aromatic nitrogens is 1. The van der Waals surface area contributed by atoms with Crippen LogP contribution in [0.2, 0.25) is 0 Å². The summed E-state index contributed by atoms with van der Waals surface area (Å²) in [5, 5.41) is 5.85. The zero-order chi connectivity index (χ0) is 34.6. The fourth-order valence-electron chi connectivity index (χ4n) is 4.16. The second kappa shape index (κ2) is 21.4. The smallest absolute Gasteiger partial charge is 0.286 e. The summed E-state index contributed by atoms with van der Waals surface area (Å²) in [6.45, 7) is 5.35. The van der Waals surface area contributed by atoms with Gasteiger partial charge in [-0.05, 0) is 52.6 Å². The van der Waals surface area contributed by atoms with Gasteiger partial charge < -0.3 is 20.4 Å². The molecule has 0 saturated carbocycles. The first-order valence-electron chi connectivity index (χ1n) is 15.7. The van der Waals surface area contributed by atoms with Gasteiger partial charge >= 0.3 is 0 Å². The van der Waals surface area contributed by atoms with Crippen molar-refractivity contribution in [2.45, 2.75) is 6.54 Å². The van der Waals surface area contributed by atoms with E-state index < -0.39 is 0 Å². The fourth-order valence-corrected chi connectivity index (χ4v) is 5.98. The maximum Gasteiger partial charge on any atom is 0.286 e. The molecule has 0 atom stereocenters. The zero-order valence-electron chi connectivity index (χ0n) is 28.3. The molecule has 0 aliphatic carbocycles. The van der Waals surface area contributed by atoms with E-state index in [9.17, 15) is 9.59 Å². The van der Waals surface area contributed by atoms with E-state index >= 15 is 0 Å². The lowest BCUT2D eigenvalue weighted by molar-refractivity contribution is -0.684. The van der Waals surface area contributed by atoms with Crippen molar-refractivity contribution < 1.29 is 14.2 Å². The molecule has 252 valence electrons. The largest absolute Gasteiger partial charge is 0.378 e. The lowest BCUT2D eigenvalue weighted by atomic mass is 10.1. The lowest BCUT2D eigenvalue weighted by Gasteiger charge is -2.11. The molecule has 3 aromatic rings. The maximum absolute atomic E-state index is 12.3. The van der Waals surface area contributed by atoms with Crippen LogP contribution in [-0.4, -0.2) is 77.4 Å². The Morgan fingerprint density at radius 3 is 1.77 bits per heavy atom. The first-order valence-corrected chi connectivity index (χ1v) is 18.2. The first-order chi connectivity index (χ1) is 23.2. The minimum atomic E-state index is -0.120. The normalized spacial score (nSPS) is 11.7. The maximum atomic E-state index is 12.3. The molecule has 10 heteroatoms. The van der Waals surface area contributed by atoms with Gasteiger partial charge in [-0.1, -0.05) is 82.8 Å². The van der Waals surface area contributed by atoms with E-state index in [0.29, 0.717) is 13.1 Å². The Hall–Kier alpha value is -4.54. The van der Waals surface area contributed by atoms with Crippen molar-refractivity contribution in [2.24, 2.45) is 4.99 Å². The summed E-state index contributed by atoms with van der Waals surface area (Å²) in [6, 6.07) is 20.6. The van der Waals surface area contributed by atoms with Crippen LogP contribution < -0.4 is 25.0 Å². The van der Waals surface area contributed by atoms with Crippen LogP contribution in [0.3, 0.4) is 0 Å². The van der Waals surface area contributed by atoms with Crippen molar-refractivity contribution in [1.82, 2.24) is 10.6 Å². The van der Waals surface area contributed by atoms with Gasteiger partial charge in [0.15, 0.2) is 12.4 Å². The van der Waals surface area contributed by atoms with Crippen LogP contribution in [0.1, 0.15) is 16.7 Å². The number of hydrogen-bond acceptors (Lipinski definition) is 7. The number of carbonyl (C=O) groups excluding carboxylic acids is 2. The zero-order valence-corrected chi connectivity index (χ0v) is 30.0. The van der Waals surface area contributed by atoms with E-state index in [-0.39, 0.29) is 24.9 Å². The number of rotatable bonds is 19. The molecule has 0 fully saturated rings. The first kappa shape index (κ1) is 37.9. The Kier molecular flexibility index (Phi) is 16.9. The number of carbonyl (C=O) groups is 2.